The Kier molecular flexibility index (Phi) is 6.24. The predicted molar refractivity (Wildman–Crippen MR) is 111 cm³/mol. The van der Waals surface area contributed by atoms with Crippen molar-refractivity contribution < 1.29 is 13.2 Å². The van der Waals surface area contributed by atoms with Crippen LogP contribution in [0.3, 0.4) is 0 Å². The van der Waals surface area contributed by atoms with Crippen LogP contribution in [0.2, 0.25) is 5.02 Å². The van der Waals surface area contributed by atoms with Crippen LogP contribution >= 0.6 is 23.4 Å². The highest BCUT2D eigenvalue weighted by atomic mass is 35.5. The fraction of sp³-hybridized carbons (Fsp3) is 0.263. The van der Waals surface area contributed by atoms with Gasteiger partial charge in [0.05, 0.1) is 15.8 Å². The van der Waals surface area contributed by atoms with Crippen molar-refractivity contribution >= 4 is 50.1 Å². The molecule has 0 unspecified atom stereocenters. The number of amides is 1. The van der Waals surface area contributed by atoms with Crippen molar-refractivity contribution in [3.8, 4) is 0 Å². The molecule has 0 aliphatic carbocycles. The second kappa shape index (κ2) is 8.46. The summed E-state index contributed by atoms with van der Waals surface area (Å²) in [5, 5.41) is 0.296. The lowest BCUT2D eigenvalue weighted by atomic mass is 10.2. The molecule has 1 aliphatic rings. The number of halogens is 1. The van der Waals surface area contributed by atoms with E-state index in [0.29, 0.717) is 17.1 Å². The van der Waals surface area contributed by atoms with Crippen LogP contribution in [0.5, 0.6) is 0 Å². The van der Waals surface area contributed by atoms with E-state index in [1.54, 1.807) is 24.3 Å². The van der Waals surface area contributed by atoms with Crippen LogP contribution < -0.4 is 4.90 Å². The van der Waals surface area contributed by atoms with Crippen molar-refractivity contribution in [1.29, 1.82) is 0 Å². The molecule has 0 spiro atoms. The number of thioether (sulfide) groups is 1. The highest BCUT2D eigenvalue weighted by molar-refractivity contribution is 8.16. The molecule has 0 N–H and O–H groups in total. The Labute approximate surface area is 168 Å². The average Bonchev–Trinajstić information content (AvgIpc) is 2.95. The topological polar surface area (TPSA) is 66.8 Å². The van der Waals surface area contributed by atoms with E-state index in [1.807, 2.05) is 6.07 Å². The van der Waals surface area contributed by atoms with Gasteiger partial charge in [-0.2, -0.15) is 8.42 Å². The highest BCUT2D eigenvalue weighted by Crippen LogP contribution is 2.35. The number of sulfonamides is 1. The fourth-order valence-corrected chi connectivity index (χ4v) is 5.19. The first-order chi connectivity index (χ1) is 12.9. The minimum atomic E-state index is -3.95. The lowest BCUT2D eigenvalue weighted by Gasteiger charge is -2.16. The summed E-state index contributed by atoms with van der Waals surface area (Å²) >= 11 is 7.04. The van der Waals surface area contributed by atoms with E-state index >= 15 is 0 Å². The first kappa shape index (κ1) is 19.9. The Bertz CT molecular complexity index is 945. The van der Waals surface area contributed by atoms with Crippen molar-refractivity contribution in [2.75, 3.05) is 4.90 Å². The van der Waals surface area contributed by atoms with E-state index in [1.165, 1.54) is 40.9 Å². The quantitative estimate of drug-likeness (QED) is 0.675. The van der Waals surface area contributed by atoms with Crippen molar-refractivity contribution in [2.24, 2.45) is 4.40 Å². The second-order valence-corrected chi connectivity index (χ2v) is 9.27. The van der Waals surface area contributed by atoms with Crippen LogP contribution in [0.1, 0.15) is 26.2 Å². The number of amidine groups is 1. The molecule has 8 heteroatoms. The number of para-hydroxylation sites is 1. The predicted octanol–water partition coefficient (Wildman–Crippen LogP) is 4.72. The summed E-state index contributed by atoms with van der Waals surface area (Å²) in [7, 11) is -3.95. The molecule has 0 aromatic heterocycles. The van der Waals surface area contributed by atoms with Crippen LogP contribution in [0.15, 0.2) is 63.9 Å². The maximum absolute atomic E-state index is 12.9. The molecule has 142 valence electrons. The molecule has 3 rings (SSSR count). The van der Waals surface area contributed by atoms with Gasteiger partial charge in [0.15, 0.2) is 5.17 Å². The molecule has 0 bridgehead atoms. The molecular formula is C19H19ClN2O3S2. The van der Waals surface area contributed by atoms with Gasteiger partial charge in [-0.15, -0.1) is 4.40 Å². The molecule has 0 saturated carbocycles. The number of hydrogen-bond acceptors (Lipinski definition) is 4. The molecule has 27 heavy (non-hydrogen) atoms. The van der Waals surface area contributed by atoms with Crippen molar-refractivity contribution in [1.82, 2.24) is 0 Å². The summed E-state index contributed by atoms with van der Waals surface area (Å²) in [5.41, 5.74) is 0.610. The number of rotatable bonds is 6. The molecule has 1 heterocycles. The van der Waals surface area contributed by atoms with Gasteiger partial charge in [0, 0.05) is 5.02 Å². The number of unbranched alkanes of at least 4 members (excludes halogenated alkanes) is 1. The molecular weight excluding hydrogens is 404 g/mol. The van der Waals surface area contributed by atoms with E-state index in [-0.39, 0.29) is 21.2 Å². The third-order valence-corrected chi connectivity index (χ3v) is 6.93. The molecule has 1 amide bonds. The van der Waals surface area contributed by atoms with E-state index in [2.05, 4.69) is 11.3 Å². The number of anilines is 1. The Hall–Kier alpha value is -1.83. The van der Waals surface area contributed by atoms with Crippen LogP contribution in [0.25, 0.3) is 0 Å². The number of benzene rings is 2. The number of carbonyl (C=O) groups is 1. The Balaban J connectivity index is 2.00. The molecule has 0 radical (unpaired) electrons. The smallest absolute Gasteiger partial charge is 0.273 e. The van der Waals surface area contributed by atoms with Crippen LogP contribution in [0, 0.1) is 0 Å². The van der Waals surface area contributed by atoms with Crippen molar-refractivity contribution in [2.45, 2.75) is 36.3 Å². The lowest BCUT2D eigenvalue weighted by molar-refractivity contribution is -0.117. The van der Waals surface area contributed by atoms with Crippen LogP contribution in [0.4, 0.5) is 5.69 Å². The van der Waals surface area contributed by atoms with Gasteiger partial charge in [-0.05, 0) is 42.8 Å². The second-order valence-electron chi connectivity index (χ2n) is 6.06. The summed E-state index contributed by atoms with van der Waals surface area (Å²) in [5.74, 6) is -0.135. The summed E-state index contributed by atoms with van der Waals surface area (Å²) in [6, 6.07) is 14.8. The standard InChI is InChI=1S/C19H19ClN2O3S2/c1-2-3-9-17-18(23)22(15-7-5-4-6-8-15)19(26-17)21-27(24,25)16-12-10-14(20)11-13-16/h4-8,10-13,17H,2-3,9H2,1H3/t17-/m0/s1. The van der Waals surface area contributed by atoms with Gasteiger partial charge >= 0.3 is 0 Å². The van der Waals surface area contributed by atoms with Gasteiger partial charge in [-0.1, -0.05) is 61.3 Å². The average molecular weight is 423 g/mol. The first-order valence-electron chi connectivity index (χ1n) is 8.58. The third-order valence-electron chi connectivity index (χ3n) is 4.08. The van der Waals surface area contributed by atoms with Crippen molar-refractivity contribution in [3.05, 3.63) is 59.6 Å². The van der Waals surface area contributed by atoms with E-state index in [0.717, 1.165) is 12.8 Å². The largest absolute Gasteiger partial charge is 0.284 e. The van der Waals surface area contributed by atoms with E-state index < -0.39 is 10.0 Å². The number of hydrogen-bond donors (Lipinski definition) is 0. The summed E-state index contributed by atoms with van der Waals surface area (Å²) in [4.78, 5) is 14.3. The Morgan fingerprint density at radius 1 is 1.11 bits per heavy atom. The van der Waals surface area contributed by atoms with Gasteiger partial charge in [0.1, 0.15) is 0 Å². The summed E-state index contributed by atoms with van der Waals surface area (Å²) in [6.07, 6.45) is 2.54. The maximum atomic E-state index is 12.9. The van der Waals surface area contributed by atoms with Gasteiger partial charge < -0.3 is 0 Å². The molecule has 2 aromatic carbocycles. The SMILES string of the molecule is CCCC[C@@H]1SC(=NS(=O)(=O)c2ccc(Cl)cc2)N(c2ccccc2)C1=O. The third kappa shape index (κ3) is 4.54. The molecule has 2 aromatic rings. The van der Waals surface area contributed by atoms with Gasteiger partial charge in [-0.3, -0.25) is 9.69 Å². The molecule has 5 nitrogen and oxygen atoms in total. The fourth-order valence-electron chi connectivity index (χ4n) is 2.68. The zero-order chi connectivity index (χ0) is 19.4. The van der Waals surface area contributed by atoms with Gasteiger partial charge in [0.25, 0.3) is 10.0 Å². The molecule has 1 atom stereocenters. The van der Waals surface area contributed by atoms with E-state index in [9.17, 15) is 13.2 Å². The van der Waals surface area contributed by atoms with Crippen molar-refractivity contribution in [3.63, 3.8) is 0 Å². The van der Waals surface area contributed by atoms with Crippen LogP contribution in [-0.4, -0.2) is 24.7 Å². The minimum absolute atomic E-state index is 0.0393. The normalized spacial score (nSPS) is 19.0. The maximum Gasteiger partial charge on any atom is 0.284 e. The zero-order valence-electron chi connectivity index (χ0n) is 14.7. The zero-order valence-corrected chi connectivity index (χ0v) is 17.1. The molecule has 1 aliphatic heterocycles. The molecule has 1 fully saturated rings. The highest BCUT2D eigenvalue weighted by Gasteiger charge is 2.39. The summed E-state index contributed by atoms with van der Waals surface area (Å²) in [6.45, 7) is 2.05. The first-order valence-corrected chi connectivity index (χ1v) is 11.3. The van der Waals surface area contributed by atoms with Gasteiger partial charge in [-0.25, -0.2) is 0 Å². The van der Waals surface area contributed by atoms with Crippen LogP contribution in [-0.2, 0) is 14.8 Å². The monoisotopic (exact) mass is 422 g/mol. The Morgan fingerprint density at radius 3 is 2.41 bits per heavy atom. The number of nitrogens with zero attached hydrogens (tertiary/aromatic N) is 2. The van der Waals surface area contributed by atoms with Gasteiger partial charge in [0.2, 0.25) is 5.91 Å². The van der Waals surface area contributed by atoms with E-state index in [4.69, 9.17) is 11.6 Å². The number of carbonyl (C=O) groups excluding carboxylic acids is 1. The summed E-state index contributed by atoms with van der Waals surface area (Å²) < 4.78 is 29.4. The Morgan fingerprint density at radius 2 is 1.78 bits per heavy atom. The minimum Gasteiger partial charge on any atom is -0.273 e. The molecule has 1 saturated heterocycles. The lowest BCUT2D eigenvalue weighted by Crippen LogP contribution is -2.32.